The Morgan fingerprint density at radius 1 is 1.80 bits per heavy atom. The summed E-state index contributed by atoms with van der Waals surface area (Å²) in [5, 5.41) is 8.42. The first-order chi connectivity index (χ1) is 2.27. The fraction of sp³-hybridized carbons (Fsp3) is 1.00. The van der Waals surface area contributed by atoms with Crippen LogP contribution >= 0.6 is 0 Å². The second kappa shape index (κ2) is 2.42. The Hall–Kier alpha value is 0.177. The molecule has 1 unspecified atom stereocenters. The summed E-state index contributed by atoms with van der Waals surface area (Å²) in [5.41, 5.74) is 0.0231. The minimum absolute atomic E-state index is 0.0231. The van der Waals surface area contributed by atoms with Crippen molar-refractivity contribution in [2.24, 2.45) is 0 Å². The lowest BCUT2D eigenvalue weighted by molar-refractivity contribution is 0.273. The van der Waals surface area contributed by atoms with E-state index in [-0.39, 0.29) is 15.2 Å². The highest BCUT2D eigenvalue weighted by atomic mass is 28.2. The fourth-order valence-electron chi connectivity index (χ4n) is 0. The van der Waals surface area contributed by atoms with Crippen molar-refractivity contribution < 1.29 is 5.11 Å². The largest absolute Gasteiger partial charge is 0.398 e. The van der Waals surface area contributed by atoms with E-state index < -0.39 is 0 Å². The predicted octanol–water partition coefficient (Wildman–Crippen LogP) is -0.458. The van der Waals surface area contributed by atoms with Crippen molar-refractivity contribution in [1.29, 1.82) is 0 Å². The van der Waals surface area contributed by atoms with Crippen LogP contribution in [0.5, 0.6) is 0 Å². The maximum Gasteiger partial charge on any atom is 0.0517 e. The molecule has 2 heteroatoms. The number of aliphatic hydroxyl groups excluding tert-OH is 1. The Balaban J connectivity index is 2.54. The van der Waals surface area contributed by atoms with Crippen molar-refractivity contribution >= 4 is 9.52 Å². The molecule has 0 bridgehead atoms. The first-order valence-electron chi connectivity index (χ1n) is 1.95. The second-order valence-corrected chi connectivity index (χ2v) is 3.26. The van der Waals surface area contributed by atoms with Gasteiger partial charge in [-0.2, -0.15) is 0 Å². The van der Waals surface area contributed by atoms with Crippen LogP contribution in [0.15, 0.2) is 0 Å². The third kappa shape index (κ3) is 4.18. The summed E-state index contributed by atoms with van der Waals surface area (Å²) in [6.45, 7) is 3.93. The Kier molecular flexibility index (Phi) is 2.50. The normalized spacial score (nSPS) is 17.4. The summed E-state index contributed by atoms with van der Waals surface area (Å²) < 4.78 is 0. The van der Waals surface area contributed by atoms with E-state index in [0.717, 1.165) is 0 Å². The predicted molar refractivity (Wildman–Crippen MR) is 26.1 cm³/mol. The number of rotatable bonds is 1. The lowest BCUT2D eigenvalue weighted by Gasteiger charge is -1.89. The molecule has 0 amide bonds. The monoisotopic (exact) mass is 90.1 g/mol. The smallest absolute Gasteiger partial charge is 0.0517 e. The minimum Gasteiger partial charge on any atom is -0.398 e. The molecule has 0 radical (unpaired) electrons. The van der Waals surface area contributed by atoms with Gasteiger partial charge in [-0.3, -0.25) is 0 Å². The molecule has 0 heterocycles. The number of hydrogen-bond acceptors (Lipinski definition) is 1. The molecule has 32 valence electrons. The van der Waals surface area contributed by atoms with Crippen molar-refractivity contribution in [3.8, 4) is 0 Å². The minimum atomic E-state index is -0.0957. The topological polar surface area (TPSA) is 20.2 Å². The van der Waals surface area contributed by atoms with Gasteiger partial charge in [0, 0.05) is 5.73 Å². The molecule has 0 spiro atoms. The van der Waals surface area contributed by atoms with Crippen LogP contribution in [-0.4, -0.2) is 20.4 Å². The molecule has 0 aromatic heterocycles. The highest BCUT2D eigenvalue weighted by Gasteiger charge is 1.83. The van der Waals surface area contributed by atoms with E-state index in [1.807, 2.05) is 6.92 Å². The molecule has 0 aliphatic carbocycles. The van der Waals surface area contributed by atoms with Crippen LogP contribution in [0.25, 0.3) is 0 Å². The van der Waals surface area contributed by atoms with Gasteiger partial charge in [0.15, 0.2) is 0 Å². The summed E-state index contributed by atoms with van der Waals surface area (Å²) in [6.07, 6.45) is 0. The highest BCUT2D eigenvalue weighted by molar-refractivity contribution is 6.34. The third-order valence-electron chi connectivity index (χ3n) is 0.591. The van der Waals surface area contributed by atoms with Gasteiger partial charge in [-0.15, -0.1) is 0 Å². The van der Waals surface area contributed by atoms with E-state index in [0.29, 0.717) is 0 Å². The summed E-state index contributed by atoms with van der Waals surface area (Å²) in [7, 11) is -0.0957. The fourth-order valence-corrected chi connectivity index (χ4v) is 0. The molecule has 1 N–H and O–H groups in total. The van der Waals surface area contributed by atoms with Crippen LogP contribution in [0.2, 0.25) is 6.55 Å². The Morgan fingerprint density at radius 2 is 2.00 bits per heavy atom. The molecule has 5 heavy (non-hydrogen) atoms. The zero-order valence-corrected chi connectivity index (χ0v) is 5.15. The molecular weight excluding hydrogens is 80.1 g/mol. The average molecular weight is 90.2 g/mol. The van der Waals surface area contributed by atoms with Gasteiger partial charge in [-0.1, -0.05) is 6.55 Å². The van der Waals surface area contributed by atoms with Gasteiger partial charge in [0.1, 0.15) is 0 Å². The van der Waals surface area contributed by atoms with Gasteiger partial charge in [-0.25, -0.2) is 0 Å². The molecule has 0 aromatic carbocycles. The van der Waals surface area contributed by atoms with Crippen LogP contribution in [0.1, 0.15) is 6.92 Å². The van der Waals surface area contributed by atoms with Crippen molar-refractivity contribution in [2.45, 2.75) is 19.2 Å². The van der Waals surface area contributed by atoms with E-state index >= 15 is 0 Å². The Bertz CT molecular complexity index is 20.9. The van der Waals surface area contributed by atoms with Crippen LogP contribution < -0.4 is 0 Å². The van der Waals surface area contributed by atoms with E-state index in [2.05, 4.69) is 6.55 Å². The van der Waals surface area contributed by atoms with E-state index in [1.165, 1.54) is 0 Å². The summed E-state index contributed by atoms with van der Waals surface area (Å²) in [6, 6.07) is 0. The summed E-state index contributed by atoms with van der Waals surface area (Å²) >= 11 is 0. The Labute approximate surface area is 34.8 Å². The average Bonchev–Trinajstić information content (AvgIpc) is 1.38. The summed E-state index contributed by atoms with van der Waals surface area (Å²) in [5.74, 6) is 0. The first kappa shape index (κ1) is 5.18. The Morgan fingerprint density at radius 3 is 2.00 bits per heavy atom. The maximum atomic E-state index is 8.42. The molecule has 0 rings (SSSR count). The van der Waals surface area contributed by atoms with Crippen molar-refractivity contribution in [2.75, 3.05) is 0 Å². The van der Waals surface area contributed by atoms with Crippen LogP contribution in [0.4, 0.5) is 0 Å². The molecule has 1 atom stereocenters. The second-order valence-electron chi connectivity index (χ2n) is 1.26. The van der Waals surface area contributed by atoms with E-state index in [1.54, 1.807) is 0 Å². The van der Waals surface area contributed by atoms with Crippen molar-refractivity contribution in [3.63, 3.8) is 0 Å². The van der Waals surface area contributed by atoms with Gasteiger partial charge >= 0.3 is 0 Å². The van der Waals surface area contributed by atoms with Gasteiger partial charge in [-0.05, 0) is 6.92 Å². The van der Waals surface area contributed by atoms with Crippen LogP contribution in [0, 0.1) is 0 Å². The molecule has 0 saturated heterocycles. The van der Waals surface area contributed by atoms with Gasteiger partial charge in [0.25, 0.3) is 0 Å². The maximum absolute atomic E-state index is 8.42. The molecule has 0 saturated carbocycles. The standard InChI is InChI=1S/C3H10OSi/c1-3(4)5-2/h3-4H,5H2,1-2H3. The molecule has 0 aliphatic rings. The first-order valence-corrected chi connectivity index (χ1v) is 4.18. The summed E-state index contributed by atoms with van der Waals surface area (Å²) in [4.78, 5) is 0. The molecule has 0 fully saturated rings. The third-order valence-corrected chi connectivity index (χ3v) is 1.77. The van der Waals surface area contributed by atoms with Crippen molar-refractivity contribution in [3.05, 3.63) is 0 Å². The van der Waals surface area contributed by atoms with Crippen LogP contribution in [-0.2, 0) is 0 Å². The zero-order valence-electron chi connectivity index (χ0n) is 3.73. The molecule has 0 aromatic rings. The quantitative estimate of drug-likeness (QED) is 0.432. The number of aliphatic hydroxyl groups is 1. The lowest BCUT2D eigenvalue weighted by Crippen LogP contribution is -2.05. The zero-order chi connectivity index (χ0) is 4.28. The van der Waals surface area contributed by atoms with Gasteiger partial charge in [0.05, 0.1) is 9.52 Å². The molecular formula is C3H10OSi. The lowest BCUT2D eigenvalue weighted by atomic mass is 10.9. The van der Waals surface area contributed by atoms with Crippen LogP contribution in [0.3, 0.4) is 0 Å². The van der Waals surface area contributed by atoms with Gasteiger partial charge < -0.3 is 5.11 Å². The SMILES string of the molecule is C[SiH2]C(C)O. The van der Waals surface area contributed by atoms with E-state index in [4.69, 9.17) is 5.11 Å². The molecule has 0 aliphatic heterocycles. The van der Waals surface area contributed by atoms with E-state index in [9.17, 15) is 0 Å². The van der Waals surface area contributed by atoms with Crippen molar-refractivity contribution in [1.82, 2.24) is 0 Å². The highest BCUT2D eigenvalue weighted by Crippen LogP contribution is 1.68. The number of hydrogen-bond donors (Lipinski definition) is 1. The van der Waals surface area contributed by atoms with Gasteiger partial charge in [0.2, 0.25) is 0 Å². The molecule has 1 nitrogen and oxygen atoms in total.